The van der Waals surface area contributed by atoms with Crippen molar-refractivity contribution in [3.05, 3.63) is 33.2 Å². The number of hydrogen-bond donors (Lipinski definition) is 2. The number of benzene rings is 1. The molecule has 5 nitrogen and oxygen atoms in total. The SMILES string of the molecule is O=C(Nc1nnc(C(F)(F)F)s1)c1cc(Br)ccc1O. The summed E-state index contributed by atoms with van der Waals surface area (Å²) < 4.78 is 37.5. The highest BCUT2D eigenvalue weighted by atomic mass is 79.9. The first-order valence-electron chi connectivity index (χ1n) is 4.98. The summed E-state index contributed by atoms with van der Waals surface area (Å²) in [6.07, 6.45) is -4.61. The molecule has 0 radical (unpaired) electrons. The van der Waals surface area contributed by atoms with Crippen molar-refractivity contribution >= 4 is 38.3 Å². The monoisotopic (exact) mass is 367 g/mol. The van der Waals surface area contributed by atoms with Crippen molar-refractivity contribution in [3.63, 3.8) is 0 Å². The highest BCUT2D eigenvalue weighted by Gasteiger charge is 2.35. The van der Waals surface area contributed by atoms with E-state index in [0.29, 0.717) is 4.47 Å². The van der Waals surface area contributed by atoms with E-state index >= 15 is 0 Å². The van der Waals surface area contributed by atoms with Crippen molar-refractivity contribution in [2.24, 2.45) is 0 Å². The highest BCUT2D eigenvalue weighted by Crippen LogP contribution is 2.33. The van der Waals surface area contributed by atoms with Crippen LogP contribution in [0.25, 0.3) is 0 Å². The van der Waals surface area contributed by atoms with Gasteiger partial charge in [0.1, 0.15) is 5.75 Å². The van der Waals surface area contributed by atoms with Crippen LogP contribution in [-0.2, 0) is 6.18 Å². The number of rotatable bonds is 2. The third-order valence-corrected chi connectivity index (χ3v) is 3.47. The Morgan fingerprint density at radius 3 is 2.65 bits per heavy atom. The van der Waals surface area contributed by atoms with Crippen molar-refractivity contribution in [1.82, 2.24) is 10.2 Å². The summed E-state index contributed by atoms with van der Waals surface area (Å²) in [5.41, 5.74) is -0.0943. The minimum atomic E-state index is -4.61. The summed E-state index contributed by atoms with van der Waals surface area (Å²) in [6.45, 7) is 0. The molecule has 0 spiro atoms. The Labute approximate surface area is 122 Å². The van der Waals surface area contributed by atoms with Gasteiger partial charge in [-0.15, -0.1) is 10.2 Å². The summed E-state index contributed by atoms with van der Waals surface area (Å²) in [4.78, 5) is 11.8. The molecule has 10 heteroatoms. The highest BCUT2D eigenvalue weighted by molar-refractivity contribution is 9.10. The van der Waals surface area contributed by atoms with Gasteiger partial charge in [-0.3, -0.25) is 10.1 Å². The molecule has 0 saturated heterocycles. The molecule has 1 amide bonds. The first-order valence-corrected chi connectivity index (χ1v) is 6.59. The summed E-state index contributed by atoms with van der Waals surface area (Å²) in [5.74, 6) is -1.08. The second kappa shape index (κ2) is 5.37. The number of aromatic nitrogens is 2. The number of carbonyl (C=O) groups excluding carboxylic acids is 1. The number of alkyl halides is 3. The number of amides is 1. The van der Waals surface area contributed by atoms with E-state index in [1.165, 1.54) is 18.2 Å². The van der Waals surface area contributed by atoms with Crippen LogP contribution in [0.5, 0.6) is 5.75 Å². The molecule has 2 aromatic rings. The second-order valence-electron chi connectivity index (χ2n) is 3.53. The molecule has 20 heavy (non-hydrogen) atoms. The van der Waals surface area contributed by atoms with Gasteiger partial charge in [0.25, 0.3) is 5.91 Å². The minimum Gasteiger partial charge on any atom is -0.507 e. The summed E-state index contributed by atoms with van der Waals surface area (Å²) in [5, 5.41) is 16.4. The summed E-state index contributed by atoms with van der Waals surface area (Å²) >= 11 is 3.32. The molecular formula is C10H5BrF3N3O2S. The average molecular weight is 368 g/mol. The Morgan fingerprint density at radius 1 is 1.35 bits per heavy atom. The van der Waals surface area contributed by atoms with Gasteiger partial charge in [0.15, 0.2) is 0 Å². The number of anilines is 1. The molecule has 1 aromatic carbocycles. The fourth-order valence-corrected chi connectivity index (χ4v) is 2.21. The maximum Gasteiger partial charge on any atom is 0.445 e. The number of nitrogens with zero attached hydrogens (tertiary/aromatic N) is 2. The molecule has 0 fully saturated rings. The molecule has 0 saturated carbocycles. The van der Waals surface area contributed by atoms with Gasteiger partial charge in [-0.2, -0.15) is 13.2 Å². The van der Waals surface area contributed by atoms with Gasteiger partial charge in [0.05, 0.1) is 5.56 Å². The maximum absolute atomic E-state index is 12.3. The zero-order valence-electron chi connectivity index (χ0n) is 9.40. The van der Waals surface area contributed by atoms with E-state index in [1.54, 1.807) is 0 Å². The second-order valence-corrected chi connectivity index (χ2v) is 5.42. The van der Waals surface area contributed by atoms with Crippen LogP contribution in [0.15, 0.2) is 22.7 Å². The Morgan fingerprint density at radius 2 is 2.05 bits per heavy atom. The van der Waals surface area contributed by atoms with Crippen LogP contribution < -0.4 is 5.32 Å². The van der Waals surface area contributed by atoms with E-state index in [4.69, 9.17) is 0 Å². The van der Waals surface area contributed by atoms with Crippen molar-refractivity contribution in [3.8, 4) is 5.75 Å². The van der Waals surface area contributed by atoms with Crippen LogP contribution in [0.3, 0.4) is 0 Å². The molecule has 2 rings (SSSR count). The molecule has 0 aliphatic rings. The Kier molecular flexibility index (Phi) is 3.95. The first-order chi connectivity index (χ1) is 9.27. The number of phenols is 1. The molecular weight excluding hydrogens is 363 g/mol. The Hall–Kier alpha value is -1.68. The third kappa shape index (κ3) is 3.25. The molecule has 106 valence electrons. The molecule has 0 aliphatic carbocycles. The van der Waals surface area contributed by atoms with Crippen LogP contribution in [0.4, 0.5) is 18.3 Å². The first kappa shape index (κ1) is 14.7. The molecule has 2 N–H and O–H groups in total. The van der Waals surface area contributed by atoms with Crippen LogP contribution >= 0.6 is 27.3 Å². The number of phenolic OH excluding ortho intramolecular Hbond substituents is 1. The number of aromatic hydroxyl groups is 1. The van der Waals surface area contributed by atoms with Crippen LogP contribution in [0, 0.1) is 0 Å². The Balaban J connectivity index is 2.20. The van der Waals surface area contributed by atoms with Gasteiger partial charge in [-0.1, -0.05) is 27.3 Å². The van der Waals surface area contributed by atoms with Gasteiger partial charge in [-0.05, 0) is 18.2 Å². The lowest BCUT2D eigenvalue weighted by atomic mass is 10.2. The van der Waals surface area contributed by atoms with Crippen molar-refractivity contribution in [2.45, 2.75) is 6.18 Å². The van der Waals surface area contributed by atoms with Gasteiger partial charge in [-0.25, -0.2) is 0 Å². The van der Waals surface area contributed by atoms with E-state index in [-0.39, 0.29) is 27.8 Å². The average Bonchev–Trinajstić information content (AvgIpc) is 2.80. The summed E-state index contributed by atoms with van der Waals surface area (Å²) in [7, 11) is 0. The van der Waals surface area contributed by atoms with Crippen molar-refractivity contribution in [1.29, 1.82) is 0 Å². The third-order valence-electron chi connectivity index (χ3n) is 2.09. The minimum absolute atomic E-state index is 0.0943. The Bertz CT molecular complexity index is 659. The zero-order valence-corrected chi connectivity index (χ0v) is 11.8. The molecule has 0 aliphatic heterocycles. The zero-order chi connectivity index (χ0) is 14.9. The normalized spacial score (nSPS) is 11.4. The van der Waals surface area contributed by atoms with Crippen LogP contribution in [0.2, 0.25) is 0 Å². The number of carbonyl (C=O) groups is 1. The lowest BCUT2D eigenvalue weighted by Crippen LogP contribution is -2.11. The fraction of sp³-hybridized carbons (Fsp3) is 0.100. The van der Waals surface area contributed by atoms with Gasteiger partial charge < -0.3 is 5.11 Å². The molecule has 0 bridgehead atoms. The quantitative estimate of drug-likeness (QED) is 0.853. The van der Waals surface area contributed by atoms with E-state index in [2.05, 4.69) is 31.4 Å². The number of nitrogens with one attached hydrogen (secondary N) is 1. The predicted molar refractivity (Wildman–Crippen MR) is 68.7 cm³/mol. The van der Waals surface area contributed by atoms with E-state index < -0.39 is 17.1 Å². The lowest BCUT2D eigenvalue weighted by molar-refractivity contribution is -0.138. The van der Waals surface area contributed by atoms with Gasteiger partial charge >= 0.3 is 6.18 Å². The van der Waals surface area contributed by atoms with Crippen molar-refractivity contribution < 1.29 is 23.1 Å². The summed E-state index contributed by atoms with van der Waals surface area (Å²) in [6, 6.07) is 4.12. The molecule has 0 unspecified atom stereocenters. The van der Waals surface area contributed by atoms with Crippen LogP contribution in [-0.4, -0.2) is 21.2 Å². The maximum atomic E-state index is 12.3. The topological polar surface area (TPSA) is 75.1 Å². The van der Waals surface area contributed by atoms with E-state index in [0.717, 1.165) is 0 Å². The van der Waals surface area contributed by atoms with E-state index in [9.17, 15) is 23.1 Å². The lowest BCUT2D eigenvalue weighted by Gasteiger charge is -2.04. The predicted octanol–water partition coefficient (Wildman–Crippen LogP) is 3.28. The van der Waals surface area contributed by atoms with Gasteiger partial charge in [0.2, 0.25) is 10.1 Å². The fourth-order valence-electron chi connectivity index (χ4n) is 1.24. The number of halogens is 4. The molecule has 1 aromatic heterocycles. The number of hydrogen-bond acceptors (Lipinski definition) is 5. The molecule has 0 atom stereocenters. The largest absolute Gasteiger partial charge is 0.507 e. The van der Waals surface area contributed by atoms with Crippen LogP contribution in [0.1, 0.15) is 15.4 Å². The molecule has 1 heterocycles. The van der Waals surface area contributed by atoms with E-state index in [1.807, 2.05) is 0 Å². The standard InChI is InChI=1S/C10H5BrF3N3O2S/c11-4-1-2-6(18)5(3-4)7(19)15-9-17-16-8(20-9)10(12,13)14/h1-3,18H,(H,15,17,19). The van der Waals surface area contributed by atoms with Crippen molar-refractivity contribution in [2.75, 3.05) is 5.32 Å². The van der Waals surface area contributed by atoms with Gasteiger partial charge in [0, 0.05) is 4.47 Å². The smallest absolute Gasteiger partial charge is 0.445 e.